The van der Waals surface area contributed by atoms with E-state index in [1.807, 2.05) is 11.8 Å². The monoisotopic (exact) mass is 305 g/mol. The highest BCUT2D eigenvalue weighted by atomic mass is 32.2. The van der Waals surface area contributed by atoms with Crippen molar-refractivity contribution in [2.45, 2.75) is 38.4 Å². The minimum atomic E-state index is -4.26. The van der Waals surface area contributed by atoms with Gasteiger partial charge in [-0.2, -0.15) is 24.9 Å². The second-order valence-corrected chi connectivity index (χ2v) is 5.77. The minimum Gasteiger partial charge on any atom is -0.313 e. The van der Waals surface area contributed by atoms with Crippen molar-refractivity contribution in [2.24, 2.45) is 0 Å². The van der Waals surface area contributed by atoms with Crippen molar-refractivity contribution in [3.8, 4) is 0 Å². The summed E-state index contributed by atoms with van der Waals surface area (Å²) in [7, 11) is 0. The summed E-state index contributed by atoms with van der Waals surface area (Å²) in [6, 6.07) is 5.50. The maximum Gasteiger partial charge on any atom is 0.416 e. The fourth-order valence-corrected chi connectivity index (χ4v) is 2.43. The predicted octanol–water partition coefficient (Wildman–Crippen LogP) is 4.72. The van der Waals surface area contributed by atoms with Gasteiger partial charge >= 0.3 is 6.18 Å². The van der Waals surface area contributed by atoms with Crippen LogP contribution in [0.4, 0.5) is 13.2 Å². The van der Waals surface area contributed by atoms with Crippen molar-refractivity contribution in [3.05, 3.63) is 35.4 Å². The smallest absolute Gasteiger partial charge is 0.313 e. The zero-order chi connectivity index (χ0) is 14.8. The molecular weight excluding hydrogens is 283 g/mol. The lowest BCUT2D eigenvalue weighted by atomic mass is 10.1. The molecule has 114 valence electrons. The molecular formula is C15H22F3NS. The molecule has 1 nitrogen and oxygen atoms in total. The SMILES string of the molecule is CSCCCCCCNCc1cccc(C(F)(F)F)c1. The van der Waals surface area contributed by atoms with Crippen molar-refractivity contribution in [2.75, 3.05) is 18.6 Å². The highest BCUT2D eigenvalue weighted by Crippen LogP contribution is 2.29. The normalized spacial score (nSPS) is 11.8. The third-order valence-corrected chi connectivity index (χ3v) is 3.73. The molecule has 0 aliphatic carbocycles. The van der Waals surface area contributed by atoms with Gasteiger partial charge in [-0.1, -0.05) is 31.0 Å². The summed E-state index contributed by atoms with van der Waals surface area (Å²) in [5.41, 5.74) is 0.107. The van der Waals surface area contributed by atoms with Crippen LogP contribution in [0.25, 0.3) is 0 Å². The number of thioether (sulfide) groups is 1. The van der Waals surface area contributed by atoms with Gasteiger partial charge in [-0.05, 0) is 43.0 Å². The van der Waals surface area contributed by atoms with Crippen molar-refractivity contribution >= 4 is 11.8 Å². The molecule has 0 saturated heterocycles. The molecule has 0 unspecified atom stereocenters. The molecule has 0 heterocycles. The van der Waals surface area contributed by atoms with Crippen molar-refractivity contribution in [3.63, 3.8) is 0 Å². The van der Waals surface area contributed by atoms with Crippen LogP contribution in [0.3, 0.4) is 0 Å². The van der Waals surface area contributed by atoms with Crippen LogP contribution in [-0.4, -0.2) is 18.6 Å². The lowest BCUT2D eigenvalue weighted by Gasteiger charge is -2.09. The van der Waals surface area contributed by atoms with Crippen molar-refractivity contribution in [1.82, 2.24) is 5.32 Å². The van der Waals surface area contributed by atoms with Crippen LogP contribution >= 0.6 is 11.8 Å². The van der Waals surface area contributed by atoms with E-state index in [9.17, 15) is 13.2 Å². The number of hydrogen-bond donors (Lipinski definition) is 1. The number of rotatable bonds is 9. The Morgan fingerprint density at radius 3 is 2.55 bits per heavy atom. The van der Waals surface area contributed by atoms with Gasteiger partial charge < -0.3 is 5.32 Å². The van der Waals surface area contributed by atoms with Gasteiger partial charge in [0, 0.05) is 6.54 Å². The molecule has 1 aromatic carbocycles. The minimum absolute atomic E-state index is 0.495. The Balaban J connectivity index is 2.19. The zero-order valence-corrected chi connectivity index (χ0v) is 12.6. The maximum atomic E-state index is 12.5. The average Bonchev–Trinajstić information content (AvgIpc) is 2.41. The molecule has 5 heteroatoms. The number of unbranched alkanes of at least 4 members (excludes halogenated alkanes) is 3. The predicted molar refractivity (Wildman–Crippen MR) is 80.0 cm³/mol. The van der Waals surface area contributed by atoms with E-state index in [0.717, 1.165) is 19.0 Å². The molecule has 20 heavy (non-hydrogen) atoms. The van der Waals surface area contributed by atoms with Gasteiger partial charge in [-0.3, -0.25) is 0 Å². The van der Waals surface area contributed by atoms with E-state index in [0.29, 0.717) is 12.1 Å². The van der Waals surface area contributed by atoms with Gasteiger partial charge in [-0.25, -0.2) is 0 Å². The molecule has 0 aliphatic heterocycles. The summed E-state index contributed by atoms with van der Waals surface area (Å²) >= 11 is 1.86. The van der Waals surface area contributed by atoms with Crippen LogP contribution in [-0.2, 0) is 12.7 Å². The van der Waals surface area contributed by atoms with E-state index in [-0.39, 0.29) is 0 Å². The first-order valence-electron chi connectivity index (χ1n) is 6.90. The van der Waals surface area contributed by atoms with Crippen LogP contribution in [0.5, 0.6) is 0 Å². The topological polar surface area (TPSA) is 12.0 Å². The molecule has 0 aliphatic rings. The Morgan fingerprint density at radius 2 is 1.85 bits per heavy atom. The summed E-state index contributed by atoms with van der Waals surface area (Å²) in [5.74, 6) is 1.21. The average molecular weight is 305 g/mol. The fraction of sp³-hybridized carbons (Fsp3) is 0.600. The van der Waals surface area contributed by atoms with Crippen LogP contribution in [0, 0.1) is 0 Å². The number of nitrogens with one attached hydrogen (secondary N) is 1. The van der Waals surface area contributed by atoms with E-state index < -0.39 is 11.7 Å². The number of halogens is 3. The molecule has 1 aromatic rings. The van der Waals surface area contributed by atoms with Gasteiger partial charge in [0.25, 0.3) is 0 Å². The van der Waals surface area contributed by atoms with E-state index in [1.54, 1.807) is 6.07 Å². The van der Waals surface area contributed by atoms with E-state index in [4.69, 9.17) is 0 Å². The summed E-state index contributed by atoms with van der Waals surface area (Å²) in [5, 5.41) is 3.20. The van der Waals surface area contributed by atoms with Crippen LogP contribution in [0.2, 0.25) is 0 Å². The van der Waals surface area contributed by atoms with Crippen molar-refractivity contribution < 1.29 is 13.2 Å². The maximum absolute atomic E-state index is 12.5. The molecule has 1 N–H and O–H groups in total. The van der Waals surface area contributed by atoms with Crippen LogP contribution in [0.15, 0.2) is 24.3 Å². The summed E-state index contributed by atoms with van der Waals surface area (Å²) < 4.78 is 37.6. The molecule has 0 bridgehead atoms. The van der Waals surface area contributed by atoms with Crippen LogP contribution in [0.1, 0.15) is 36.8 Å². The largest absolute Gasteiger partial charge is 0.416 e. The van der Waals surface area contributed by atoms with Gasteiger partial charge in [0.05, 0.1) is 5.56 Å². The molecule has 1 rings (SSSR count). The third-order valence-electron chi connectivity index (χ3n) is 3.04. The quantitative estimate of drug-likeness (QED) is 0.663. The van der Waals surface area contributed by atoms with Crippen LogP contribution < -0.4 is 5.32 Å². The summed E-state index contributed by atoms with van der Waals surface area (Å²) in [6.07, 6.45) is 2.58. The second-order valence-electron chi connectivity index (χ2n) is 4.78. The lowest BCUT2D eigenvalue weighted by molar-refractivity contribution is -0.137. The molecule has 0 atom stereocenters. The Bertz CT molecular complexity index is 380. The van der Waals surface area contributed by atoms with E-state index in [1.165, 1.54) is 37.1 Å². The van der Waals surface area contributed by atoms with Gasteiger partial charge in [0.1, 0.15) is 0 Å². The lowest BCUT2D eigenvalue weighted by Crippen LogP contribution is -2.15. The molecule has 0 radical (unpaired) electrons. The van der Waals surface area contributed by atoms with Gasteiger partial charge in [-0.15, -0.1) is 0 Å². The second kappa shape index (κ2) is 9.29. The van der Waals surface area contributed by atoms with Gasteiger partial charge in [0.2, 0.25) is 0 Å². The number of benzene rings is 1. The molecule has 0 amide bonds. The molecule has 0 aromatic heterocycles. The number of hydrogen-bond acceptors (Lipinski definition) is 2. The molecule has 0 saturated carbocycles. The Kier molecular flexibility index (Phi) is 8.07. The highest BCUT2D eigenvalue weighted by molar-refractivity contribution is 7.98. The summed E-state index contributed by atoms with van der Waals surface area (Å²) in [6.45, 7) is 1.35. The Labute approximate surface area is 123 Å². The Morgan fingerprint density at radius 1 is 1.10 bits per heavy atom. The van der Waals surface area contributed by atoms with E-state index in [2.05, 4.69) is 11.6 Å². The Hall–Kier alpha value is -0.680. The fourth-order valence-electron chi connectivity index (χ4n) is 1.94. The van der Waals surface area contributed by atoms with Crippen molar-refractivity contribution in [1.29, 1.82) is 0 Å². The highest BCUT2D eigenvalue weighted by Gasteiger charge is 2.30. The first kappa shape index (κ1) is 17.4. The first-order chi connectivity index (χ1) is 9.54. The molecule has 0 spiro atoms. The third kappa shape index (κ3) is 7.20. The van der Waals surface area contributed by atoms with Gasteiger partial charge in [0.15, 0.2) is 0 Å². The standard InChI is InChI=1S/C15H22F3NS/c1-20-10-5-3-2-4-9-19-12-13-7-6-8-14(11-13)15(16,17)18/h6-8,11,19H,2-5,9-10,12H2,1H3. The number of alkyl halides is 3. The first-order valence-corrected chi connectivity index (χ1v) is 8.29. The summed E-state index contributed by atoms with van der Waals surface area (Å²) in [4.78, 5) is 0. The molecule has 0 fully saturated rings. The zero-order valence-electron chi connectivity index (χ0n) is 11.8. The van der Waals surface area contributed by atoms with E-state index >= 15 is 0 Å².